The van der Waals surface area contributed by atoms with E-state index in [0.29, 0.717) is 24.4 Å². The van der Waals surface area contributed by atoms with Crippen molar-refractivity contribution >= 4 is 17.5 Å². The van der Waals surface area contributed by atoms with Gasteiger partial charge in [0.05, 0.1) is 11.7 Å². The molecule has 5 nitrogen and oxygen atoms in total. The van der Waals surface area contributed by atoms with E-state index in [1.54, 1.807) is 4.90 Å². The number of anilines is 1. The fourth-order valence-electron chi connectivity index (χ4n) is 3.86. The van der Waals surface area contributed by atoms with Crippen molar-refractivity contribution in [3.63, 3.8) is 0 Å². The molecule has 3 aromatic carbocycles. The third-order valence-electron chi connectivity index (χ3n) is 5.47. The van der Waals surface area contributed by atoms with Crippen LogP contribution in [0.5, 0.6) is 5.75 Å². The Morgan fingerprint density at radius 2 is 1.52 bits per heavy atom. The molecule has 2 amide bonds. The molecule has 1 unspecified atom stereocenters. The van der Waals surface area contributed by atoms with Crippen LogP contribution in [-0.2, 0) is 9.59 Å². The number of carbonyl (C=O) groups is 2. The van der Waals surface area contributed by atoms with E-state index in [1.807, 2.05) is 91.9 Å². The van der Waals surface area contributed by atoms with Crippen LogP contribution in [0.2, 0.25) is 0 Å². The number of nitrogens with one attached hydrogen (secondary N) is 1. The maximum atomic E-state index is 12.9. The highest BCUT2D eigenvalue weighted by atomic mass is 16.5. The molecule has 4 rings (SSSR count). The van der Waals surface area contributed by atoms with Crippen molar-refractivity contribution in [1.82, 2.24) is 5.32 Å². The summed E-state index contributed by atoms with van der Waals surface area (Å²) in [6, 6.07) is 27.0. The number of ether oxygens (including phenoxy) is 1. The van der Waals surface area contributed by atoms with Crippen molar-refractivity contribution in [2.75, 3.05) is 11.4 Å². The zero-order valence-electron chi connectivity index (χ0n) is 17.5. The van der Waals surface area contributed by atoms with Gasteiger partial charge in [-0.25, -0.2) is 0 Å². The lowest BCUT2D eigenvalue weighted by Crippen LogP contribution is -2.47. The van der Waals surface area contributed by atoms with E-state index in [9.17, 15) is 9.59 Å². The molecule has 0 bridgehead atoms. The van der Waals surface area contributed by atoms with E-state index < -0.39 is 6.10 Å². The molecule has 5 heteroatoms. The number of nitrogens with zero attached hydrogens (tertiary/aromatic N) is 1. The van der Waals surface area contributed by atoms with E-state index in [0.717, 1.165) is 11.1 Å². The molecule has 0 radical (unpaired) electrons. The third kappa shape index (κ3) is 4.61. The van der Waals surface area contributed by atoms with Crippen LogP contribution in [-0.4, -0.2) is 24.5 Å². The topological polar surface area (TPSA) is 58.6 Å². The highest BCUT2D eigenvalue weighted by molar-refractivity contribution is 6.00. The number of carbonyl (C=O) groups excluding carboxylic acids is 2. The molecule has 1 aliphatic heterocycles. The van der Waals surface area contributed by atoms with Gasteiger partial charge >= 0.3 is 0 Å². The van der Waals surface area contributed by atoms with Crippen LogP contribution < -0.4 is 15.0 Å². The van der Waals surface area contributed by atoms with Crippen molar-refractivity contribution in [1.29, 1.82) is 0 Å². The Morgan fingerprint density at radius 1 is 0.935 bits per heavy atom. The lowest BCUT2D eigenvalue weighted by Gasteiger charge is -2.34. The zero-order chi connectivity index (χ0) is 21.6. The Hall–Kier alpha value is -3.60. The van der Waals surface area contributed by atoms with Gasteiger partial charge in [0.15, 0.2) is 6.10 Å². The van der Waals surface area contributed by atoms with E-state index in [1.165, 1.54) is 0 Å². The van der Waals surface area contributed by atoms with Crippen molar-refractivity contribution in [2.24, 2.45) is 0 Å². The minimum Gasteiger partial charge on any atom is -0.478 e. The van der Waals surface area contributed by atoms with E-state index >= 15 is 0 Å². The summed E-state index contributed by atoms with van der Waals surface area (Å²) in [5, 5.41) is 3.15. The first kappa shape index (κ1) is 20.7. The van der Waals surface area contributed by atoms with Gasteiger partial charge in [-0.1, -0.05) is 79.7 Å². The van der Waals surface area contributed by atoms with Crippen molar-refractivity contribution < 1.29 is 14.3 Å². The Bertz CT molecular complexity index is 997. The summed E-state index contributed by atoms with van der Waals surface area (Å²) in [6.45, 7) is 2.23. The van der Waals surface area contributed by atoms with E-state index in [-0.39, 0.29) is 24.3 Å². The molecule has 0 saturated carbocycles. The first-order chi connectivity index (χ1) is 15.2. The second kappa shape index (κ2) is 9.47. The van der Waals surface area contributed by atoms with Gasteiger partial charge in [-0.3, -0.25) is 9.59 Å². The first-order valence-corrected chi connectivity index (χ1v) is 10.6. The molecule has 1 heterocycles. The van der Waals surface area contributed by atoms with Crippen molar-refractivity contribution in [2.45, 2.75) is 31.9 Å². The summed E-state index contributed by atoms with van der Waals surface area (Å²) in [5.74, 6) is 0.472. The summed E-state index contributed by atoms with van der Waals surface area (Å²) in [6.07, 6.45) is 0.270. The van der Waals surface area contributed by atoms with Crippen LogP contribution in [0.1, 0.15) is 36.9 Å². The SMILES string of the molecule is CCC1Oc2ccccc2N(CCC(=O)NC(c2ccccc2)c2ccccc2)C1=O. The van der Waals surface area contributed by atoms with Gasteiger partial charge in [-0.05, 0) is 29.7 Å². The molecule has 1 aliphatic rings. The maximum Gasteiger partial charge on any atom is 0.268 e. The zero-order valence-corrected chi connectivity index (χ0v) is 17.5. The molecule has 158 valence electrons. The lowest BCUT2D eigenvalue weighted by molar-refractivity contribution is -0.126. The summed E-state index contributed by atoms with van der Waals surface area (Å²) in [4.78, 5) is 27.5. The largest absolute Gasteiger partial charge is 0.478 e. The summed E-state index contributed by atoms with van der Waals surface area (Å²) in [7, 11) is 0. The van der Waals surface area contributed by atoms with Crippen LogP contribution in [0.4, 0.5) is 5.69 Å². The minimum absolute atomic E-state index is 0.100. The van der Waals surface area contributed by atoms with Gasteiger partial charge in [0, 0.05) is 13.0 Å². The molecule has 0 aromatic heterocycles. The smallest absolute Gasteiger partial charge is 0.268 e. The second-order valence-corrected chi connectivity index (χ2v) is 7.54. The van der Waals surface area contributed by atoms with Crippen LogP contribution in [0, 0.1) is 0 Å². The predicted octanol–water partition coefficient (Wildman–Crippen LogP) is 4.49. The molecule has 31 heavy (non-hydrogen) atoms. The number of benzene rings is 3. The monoisotopic (exact) mass is 414 g/mol. The third-order valence-corrected chi connectivity index (χ3v) is 5.47. The van der Waals surface area contributed by atoms with Crippen LogP contribution in [0.25, 0.3) is 0 Å². The molecule has 0 saturated heterocycles. The standard InChI is InChI=1S/C26H26N2O3/c1-2-22-26(30)28(21-15-9-10-16-23(21)31-22)18-17-24(29)27-25(19-11-5-3-6-12-19)20-13-7-4-8-14-20/h3-16,22,25H,2,17-18H2,1H3,(H,27,29). The van der Waals surface area contributed by atoms with Crippen LogP contribution >= 0.6 is 0 Å². The Labute approximate surface area is 182 Å². The number of amides is 2. The number of hydrogen-bond donors (Lipinski definition) is 1. The second-order valence-electron chi connectivity index (χ2n) is 7.54. The van der Waals surface area contributed by atoms with Gasteiger partial charge in [-0.2, -0.15) is 0 Å². The molecule has 1 atom stereocenters. The lowest BCUT2D eigenvalue weighted by atomic mass is 9.98. The van der Waals surface area contributed by atoms with Crippen LogP contribution in [0.3, 0.4) is 0 Å². The fraction of sp³-hybridized carbons (Fsp3) is 0.231. The Kier molecular flexibility index (Phi) is 6.32. The normalized spacial score (nSPS) is 15.4. The van der Waals surface area contributed by atoms with Crippen molar-refractivity contribution in [3.8, 4) is 5.75 Å². The van der Waals surface area contributed by atoms with Gasteiger partial charge in [0.25, 0.3) is 5.91 Å². The van der Waals surface area contributed by atoms with E-state index in [4.69, 9.17) is 4.74 Å². The number of rotatable bonds is 7. The Balaban J connectivity index is 1.49. The average Bonchev–Trinajstić information content (AvgIpc) is 2.82. The molecule has 0 spiro atoms. The highest BCUT2D eigenvalue weighted by Crippen LogP contribution is 2.34. The molecule has 0 aliphatic carbocycles. The molecule has 3 aromatic rings. The summed E-state index contributed by atoms with van der Waals surface area (Å²) in [5.41, 5.74) is 2.74. The molecule has 1 N–H and O–H groups in total. The highest BCUT2D eigenvalue weighted by Gasteiger charge is 2.33. The summed E-state index contributed by atoms with van der Waals surface area (Å²) < 4.78 is 5.82. The Morgan fingerprint density at radius 3 is 2.13 bits per heavy atom. The molecular formula is C26H26N2O3. The number of fused-ring (bicyclic) bond motifs is 1. The van der Waals surface area contributed by atoms with Gasteiger partial charge in [0.1, 0.15) is 5.75 Å². The van der Waals surface area contributed by atoms with Gasteiger partial charge in [-0.15, -0.1) is 0 Å². The van der Waals surface area contributed by atoms with E-state index in [2.05, 4.69) is 5.32 Å². The fourth-order valence-corrected chi connectivity index (χ4v) is 3.86. The number of hydrogen-bond acceptors (Lipinski definition) is 3. The molecule has 0 fully saturated rings. The molecular weight excluding hydrogens is 388 g/mol. The summed E-state index contributed by atoms with van der Waals surface area (Å²) >= 11 is 0. The minimum atomic E-state index is -0.514. The van der Waals surface area contributed by atoms with Gasteiger partial charge in [0.2, 0.25) is 5.91 Å². The van der Waals surface area contributed by atoms with Gasteiger partial charge < -0.3 is 15.0 Å². The quantitative estimate of drug-likeness (QED) is 0.620. The van der Waals surface area contributed by atoms with Crippen molar-refractivity contribution in [3.05, 3.63) is 96.1 Å². The maximum absolute atomic E-state index is 12.9. The number of para-hydroxylation sites is 2. The average molecular weight is 415 g/mol. The predicted molar refractivity (Wildman–Crippen MR) is 121 cm³/mol. The van der Waals surface area contributed by atoms with Crippen LogP contribution in [0.15, 0.2) is 84.9 Å². The first-order valence-electron chi connectivity index (χ1n) is 10.6.